The number of phenols is 1. The van der Waals surface area contributed by atoms with Gasteiger partial charge in [0.15, 0.2) is 14.1 Å². The Labute approximate surface area is 176 Å². The third-order valence-corrected chi connectivity index (χ3v) is 9.85. The number of phenolic OH excluding ortho intramolecular Hbond substituents is 1. The fourth-order valence-corrected chi connectivity index (χ4v) is 3.47. The smallest absolute Gasteiger partial charge is 0.416 e. The van der Waals surface area contributed by atoms with Crippen LogP contribution in [0.1, 0.15) is 47.8 Å². The van der Waals surface area contributed by atoms with Gasteiger partial charge in [-0.1, -0.05) is 51.1 Å². The lowest BCUT2D eigenvalue weighted by Gasteiger charge is -2.36. The zero-order valence-corrected chi connectivity index (χ0v) is 18.8. The van der Waals surface area contributed by atoms with E-state index in [-0.39, 0.29) is 23.0 Å². The molecule has 0 aliphatic heterocycles. The van der Waals surface area contributed by atoms with Gasteiger partial charge >= 0.3 is 6.18 Å². The van der Waals surface area contributed by atoms with Crippen molar-refractivity contribution >= 4 is 20.2 Å². The van der Waals surface area contributed by atoms with Crippen molar-refractivity contribution in [2.24, 2.45) is 0 Å². The number of carbonyl (C=O) groups excluding carboxylic acids is 1. The Morgan fingerprint density at radius 2 is 1.73 bits per heavy atom. The molecule has 0 radical (unpaired) electrons. The highest BCUT2D eigenvalue weighted by Gasteiger charge is 2.37. The highest BCUT2D eigenvalue weighted by Crippen LogP contribution is 2.37. The monoisotopic (exact) mass is 436 g/mol. The quantitative estimate of drug-likeness (QED) is 0.307. The summed E-state index contributed by atoms with van der Waals surface area (Å²) in [6.45, 7) is 10.9. The van der Waals surface area contributed by atoms with Gasteiger partial charge in [-0.3, -0.25) is 4.79 Å². The maximum Gasteiger partial charge on any atom is 0.416 e. The molecule has 7 heteroatoms. The Bertz CT molecular complexity index is 941. The minimum Gasteiger partial charge on any atom is -0.508 e. The van der Waals surface area contributed by atoms with E-state index >= 15 is 0 Å². The molecule has 1 N–H and O–H groups in total. The molecular formula is C23H27F3O3Si. The molecule has 0 aromatic heterocycles. The van der Waals surface area contributed by atoms with Crippen LogP contribution < -0.4 is 0 Å². The van der Waals surface area contributed by atoms with E-state index in [1.165, 1.54) is 18.2 Å². The van der Waals surface area contributed by atoms with E-state index in [1.54, 1.807) is 12.1 Å². The molecule has 2 rings (SSSR count). The Morgan fingerprint density at radius 3 is 2.33 bits per heavy atom. The summed E-state index contributed by atoms with van der Waals surface area (Å²) in [6, 6.07) is 9.72. The zero-order chi connectivity index (χ0) is 22.7. The second-order valence-corrected chi connectivity index (χ2v) is 13.5. The molecule has 30 heavy (non-hydrogen) atoms. The zero-order valence-electron chi connectivity index (χ0n) is 17.8. The summed E-state index contributed by atoms with van der Waals surface area (Å²) in [5.41, 5.74) is 0.274. The predicted octanol–water partition coefficient (Wildman–Crippen LogP) is 6.83. The number of halogens is 3. The van der Waals surface area contributed by atoms with E-state index in [2.05, 4.69) is 33.9 Å². The molecular weight excluding hydrogens is 409 g/mol. The molecule has 0 heterocycles. The van der Waals surface area contributed by atoms with Gasteiger partial charge in [0.2, 0.25) is 0 Å². The number of allylic oxidation sites excluding steroid dienone is 1. The summed E-state index contributed by atoms with van der Waals surface area (Å²) in [5, 5.41) is 9.59. The van der Waals surface area contributed by atoms with Crippen LogP contribution in [0.2, 0.25) is 18.1 Å². The second-order valence-electron chi connectivity index (χ2n) is 8.71. The second kappa shape index (κ2) is 8.77. The number of hydrogen-bond donors (Lipinski definition) is 1. The van der Waals surface area contributed by atoms with Crippen LogP contribution in [0, 0.1) is 0 Å². The Hall–Kier alpha value is -2.38. The number of benzene rings is 2. The first-order valence-electron chi connectivity index (χ1n) is 9.56. The lowest BCUT2D eigenvalue weighted by molar-refractivity contribution is -0.137. The summed E-state index contributed by atoms with van der Waals surface area (Å²) in [5.74, 6) is -0.860. The Morgan fingerprint density at radius 1 is 1.10 bits per heavy atom. The van der Waals surface area contributed by atoms with Gasteiger partial charge in [0.1, 0.15) is 5.75 Å². The van der Waals surface area contributed by atoms with E-state index in [0.29, 0.717) is 11.6 Å². The van der Waals surface area contributed by atoms with Gasteiger partial charge in [0.25, 0.3) is 0 Å². The Kier molecular flexibility index (Phi) is 6.99. The standard InChI is InChI=1S/C23H27F3O3Si/c1-22(2,3)30(4,5)29-15-17-8-6-7-9-20(17)21(28)11-10-16-12-18(23(24,25)26)14-19(27)13-16/h6-14,27H,15H2,1-5H3/b11-10+. The molecule has 0 spiro atoms. The average molecular weight is 437 g/mol. The third kappa shape index (κ3) is 6.06. The first kappa shape index (κ1) is 23.9. The fraction of sp³-hybridized carbons (Fsp3) is 0.348. The van der Waals surface area contributed by atoms with Crippen molar-refractivity contribution in [3.8, 4) is 5.75 Å². The molecule has 0 bridgehead atoms. The van der Waals surface area contributed by atoms with Crippen LogP contribution >= 0.6 is 0 Å². The SMILES string of the molecule is CC(C)(C)[Si](C)(C)OCc1ccccc1C(=O)/C=C/c1cc(O)cc(C(F)(F)F)c1. The number of hydrogen-bond acceptors (Lipinski definition) is 3. The third-order valence-electron chi connectivity index (χ3n) is 5.37. The number of aromatic hydroxyl groups is 1. The van der Waals surface area contributed by atoms with Crippen molar-refractivity contribution in [1.82, 2.24) is 0 Å². The average Bonchev–Trinajstić information content (AvgIpc) is 2.62. The molecule has 2 aromatic rings. The van der Waals surface area contributed by atoms with Crippen molar-refractivity contribution in [3.63, 3.8) is 0 Å². The summed E-state index contributed by atoms with van der Waals surface area (Å²) in [6.07, 6.45) is -2.11. The minimum atomic E-state index is -4.58. The minimum absolute atomic E-state index is 0.0252. The Balaban J connectivity index is 2.24. The summed E-state index contributed by atoms with van der Waals surface area (Å²) < 4.78 is 45.0. The molecule has 162 valence electrons. The predicted molar refractivity (Wildman–Crippen MR) is 115 cm³/mol. The van der Waals surface area contributed by atoms with Crippen molar-refractivity contribution in [2.75, 3.05) is 0 Å². The molecule has 0 atom stereocenters. The summed E-state index contributed by atoms with van der Waals surface area (Å²) in [4.78, 5) is 12.7. The van der Waals surface area contributed by atoms with Gasteiger partial charge in [-0.05, 0) is 53.5 Å². The van der Waals surface area contributed by atoms with Gasteiger partial charge in [0, 0.05) is 5.56 Å². The largest absolute Gasteiger partial charge is 0.508 e. The highest BCUT2D eigenvalue weighted by atomic mass is 28.4. The molecule has 3 nitrogen and oxygen atoms in total. The van der Waals surface area contributed by atoms with Gasteiger partial charge in [-0.25, -0.2) is 0 Å². The van der Waals surface area contributed by atoms with Crippen LogP contribution in [0.3, 0.4) is 0 Å². The topological polar surface area (TPSA) is 46.5 Å². The van der Waals surface area contributed by atoms with Gasteiger partial charge in [0.05, 0.1) is 12.2 Å². The van der Waals surface area contributed by atoms with Crippen LogP contribution in [0.4, 0.5) is 13.2 Å². The number of ketones is 1. The molecule has 0 fully saturated rings. The van der Waals surface area contributed by atoms with Crippen LogP contribution in [0.5, 0.6) is 5.75 Å². The lowest BCUT2D eigenvalue weighted by Crippen LogP contribution is -2.40. The van der Waals surface area contributed by atoms with Crippen molar-refractivity contribution < 1.29 is 27.5 Å². The van der Waals surface area contributed by atoms with E-state index < -0.39 is 25.8 Å². The normalized spacial score (nSPS) is 13.1. The first-order valence-corrected chi connectivity index (χ1v) is 12.5. The molecule has 0 aliphatic rings. The van der Waals surface area contributed by atoms with Crippen molar-refractivity contribution in [3.05, 3.63) is 70.8 Å². The van der Waals surface area contributed by atoms with Crippen LogP contribution in [0.25, 0.3) is 6.08 Å². The van der Waals surface area contributed by atoms with Gasteiger partial charge in [-0.2, -0.15) is 13.2 Å². The molecule has 0 saturated heterocycles. The molecule has 0 unspecified atom stereocenters. The molecule has 0 saturated carbocycles. The van der Waals surface area contributed by atoms with Crippen molar-refractivity contribution in [1.29, 1.82) is 0 Å². The first-order chi connectivity index (χ1) is 13.7. The van der Waals surface area contributed by atoms with Crippen LogP contribution in [0.15, 0.2) is 48.5 Å². The highest BCUT2D eigenvalue weighted by molar-refractivity contribution is 6.74. The van der Waals surface area contributed by atoms with E-state index in [9.17, 15) is 23.1 Å². The van der Waals surface area contributed by atoms with Crippen LogP contribution in [-0.4, -0.2) is 19.2 Å². The molecule has 0 amide bonds. The maximum atomic E-state index is 12.9. The van der Waals surface area contributed by atoms with Gasteiger partial charge in [-0.15, -0.1) is 0 Å². The van der Waals surface area contributed by atoms with E-state index in [1.807, 2.05) is 12.1 Å². The summed E-state index contributed by atoms with van der Waals surface area (Å²) in [7, 11) is -2.01. The van der Waals surface area contributed by atoms with E-state index in [4.69, 9.17) is 4.43 Å². The van der Waals surface area contributed by atoms with Crippen LogP contribution in [-0.2, 0) is 17.2 Å². The molecule has 2 aromatic carbocycles. The lowest BCUT2D eigenvalue weighted by atomic mass is 10.0. The van der Waals surface area contributed by atoms with E-state index in [0.717, 1.165) is 11.6 Å². The van der Waals surface area contributed by atoms with Gasteiger partial charge < -0.3 is 9.53 Å². The molecule has 0 aliphatic carbocycles. The number of rotatable bonds is 6. The number of carbonyl (C=O) groups is 1. The number of alkyl halides is 3. The van der Waals surface area contributed by atoms with Crippen molar-refractivity contribution in [2.45, 2.75) is 51.7 Å². The maximum absolute atomic E-state index is 12.9. The fourth-order valence-electron chi connectivity index (χ4n) is 2.52. The summed E-state index contributed by atoms with van der Waals surface area (Å²) >= 11 is 0.